The maximum atomic E-state index is 10.9. The zero-order chi connectivity index (χ0) is 15.3. The Kier molecular flexibility index (Phi) is 6.19. The van der Waals surface area contributed by atoms with Gasteiger partial charge in [0.2, 0.25) is 0 Å². The molecule has 1 rings (SSSR count). The summed E-state index contributed by atoms with van der Waals surface area (Å²) < 4.78 is 0. The van der Waals surface area contributed by atoms with Crippen LogP contribution < -0.4 is 0 Å². The van der Waals surface area contributed by atoms with Crippen LogP contribution >= 0.6 is 0 Å². The number of aliphatic hydroxyl groups is 1. The van der Waals surface area contributed by atoms with E-state index >= 15 is 0 Å². The molecule has 1 aliphatic carbocycles. The molecule has 2 nitrogen and oxygen atoms in total. The minimum absolute atomic E-state index is 0.0952. The summed E-state index contributed by atoms with van der Waals surface area (Å²) in [5.41, 5.74) is 4.14. The van der Waals surface area contributed by atoms with Crippen LogP contribution in [0.15, 0.2) is 22.8 Å². The second-order valence-corrected chi connectivity index (χ2v) is 6.83. The molecule has 0 spiro atoms. The van der Waals surface area contributed by atoms with Crippen molar-refractivity contribution in [3.05, 3.63) is 22.8 Å². The lowest BCUT2D eigenvalue weighted by atomic mass is 9.69. The van der Waals surface area contributed by atoms with E-state index < -0.39 is 0 Å². The third-order valence-electron chi connectivity index (χ3n) is 4.68. The summed E-state index contributed by atoms with van der Waals surface area (Å²) >= 11 is 0. The van der Waals surface area contributed by atoms with E-state index in [-0.39, 0.29) is 17.3 Å². The lowest BCUT2D eigenvalue weighted by Gasteiger charge is -2.39. The number of hydrogen-bond donors (Lipinski definition) is 1. The summed E-state index contributed by atoms with van der Waals surface area (Å²) in [4.78, 5) is 10.9. The first-order valence-corrected chi connectivity index (χ1v) is 7.77. The first kappa shape index (κ1) is 17.2. The summed E-state index contributed by atoms with van der Waals surface area (Å²) in [6, 6.07) is 0. The van der Waals surface area contributed by atoms with E-state index in [1.165, 1.54) is 16.7 Å². The van der Waals surface area contributed by atoms with Crippen molar-refractivity contribution in [3.63, 3.8) is 0 Å². The molecular formula is C18H30O2. The van der Waals surface area contributed by atoms with Gasteiger partial charge in [-0.2, -0.15) is 0 Å². The summed E-state index contributed by atoms with van der Waals surface area (Å²) in [5, 5.41) is 10.2. The average Bonchev–Trinajstić information content (AvgIpc) is 2.33. The van der Waals surface area contributed by atoms with Gasteiger partial charge in [-0.15, -0.1) is 0 Å². The topological polar surface area (TPSA) is 37.3 Å². The van der Waals surface area contributed by atoms with E-state index in [9.17, 15) is 9.90 Å². The largest absolute Gasteiger partial charge is 0.392 e. The number of hydrogen-bond acceptors (Lipinski definition) is 2. The number of rotatable bonds is 6. The maximum absolute atomic E-state index is 10.9. The van der Waals surface area contributed by atoms with E-state index in [4.69, 9.17) is 0 Å². The first-order valence-electron chi connectivity index (χ1n) is 7.77. The molecule has 0 saturated heterocycles. The molecule has 0 bridgehead atoms. The Labute approximate surface area is 124 Å². The third-order valence-corrected chi connectivity index (χ3v) is 4.68. The zero-order valence-corrected chi connectivity index (χ0v) is 13.8. The third kappa shape index (κ3) is 4.59. The second kappa shape index (κ2) is 7.21. The molecule has 0 heterocycles. The van der Waals surface area contributed by atoms with Crippen LogP contribution in [-0.2, 0) is 4.79 Å². The predicted octanol–water partition coefficient (Wildman–Crippen LogP) is 4.58. The zero-order valence-electron chi connectivity index (χ0n) is 13.8. The Morgan fingerprint density at radius 2 is 2.00 bits per heavy atom. The van der Waals surface area contributed by atoms with E-state index in [1.807, 2.05) is 0 Å². The minimum atomic E-state index is -0.219. The fourth-order valence-electron chi connectivity index (χ4n) is 3.10. The van der Waals surface area contributed by atoms with Gasteiger partial charge in [0.25, 0.3) is 0 Å². The molecule has 0 saturated carbocycles. The monoisotopic (exact) mass is 278 g/mol. The molecule has 114 valence electrons. The Balaban J connectivity index is 2.61. The Hall–Kier alpha value is -0.890. The van der Waals surface area contributed by atoms with Crippen LogP contribution in [0.25, 0.3) is 0 Å². The highest BCUT2D eigenvalue weighted by molar-refractivity contribution is 5.75. The smallest absolute Gasteiger partial charge is 0.130 e. The highest BCUT2D eigenvalue weighted by Crippen LogP contribution is 2.42. The van der Waals surface area contributed by atoms with Gasteiger partial charge in [0.1, 0.15) is 5.78 Å². The lowest BCUT2D eigenvalue weighted by Crippen LogP contribution is -2.35. The van der Waals surface area contributed by atoms with Crippen molar-refractivity contribution >= 4 is 5.78 Å². The standard InChI is InChI=1S/C18H30O2/c1-13(7-6-8-15(3)19)9-11-16-14(2)10-12-17(20)18(16,4)5/h7,17,20H,6,8-12H2,1-5H3/b13-7+/t17-/m0/s1. The van der Waals surface area contributed by atoms with Gasteiger partial charge in [-0.05, 0) is 52.9 Å². The van der Waals surface area contributed by atoms with Gasteiger partial charge in [-0.1, -0.05) is 36.6 Å². The first-order chi connectivity index (χ1) is 9.25. The molecule has 0 unspecified atom stereocenters. The minimum Gasteiger partial charge on any atom is -0.392 e. The number of carbonyl (C=O) groups excluding carboxylic acids is 1. The van der Waals surface area contributed by atoms with Crippen molar-refractivity contribution in [3.8, 4) is 0 Å². The molecule has 2 heteroatoms. The molecule has 0 aromatic heterocycles. The van der Waals surface area contributed by atoms with Crippen LogP contribution in [0, 0.1) is 5.41 Å². The lowest BCUT2D eigenvalue weighted by molar-refractivity contribution is -0.116. The highest BCUT2D eigenvalue weighted by atomic mass is 16.3. The Morgan fingerprint density at radius 3 is 2.60 bits per heavy atom. The molecule has 0 aromatic carbocycles. The van der Waals surface area contributed by atoms with Crippen molar-refractivity contribution in [1.82, 2.24) is 0 Å². The average molecular weight is 278 g/mol. The van der Waals surface area contributed by atoms with Crippen LogP contribution in [0.5, 0.6) is 0 Å². The van der Waals surface area contributed by atoms with Gasteiger partial charge >= 0.3 is 0 Å². The van der Waals surface area contributed by atoms with Crippen molar-refractivity contribution < 1.29 is 9.90 Å². The Bertz CT molecular complexity index is 413. The fourth-order valence-corrected chi connectivity index (χ4v) is 3.10. The van der Waals surface area contributed by atoms with Crippen molar-refractivity contribution in [2.45, 2.75) is 79.2 Å². The molecule has 1 aliphatic rings. The van der Waals surface area contributed by atoms with E-state index in [1.54, 1.807) is 6.92 Å². The fraction of sp³-hybridized carbons (Fsp3) is 0.722. The summed E-state index contributed by atoms with van der Waals surface area (Å²) in [6.07, 6.45) is 7.42. The molecule has 0 fully saturated rings. The van der Waals surface area contributed by atoms with Crippen molar-refractivity contribution in [2.75, 3.05) is 0 Å². The van der Waals surface area contributed by atoms with Gasteiger partial charge < -0.3 is 9.90 Å². The number of Topliss-reactive ketones (excluding diaryl/α,β-unsaturated/α-hetero) is 1. The molecule has 1 N–H and O–H groups in total. The van der Waals surface area contributed by atoms with Gasteiger partial charge in [0.05, 0.1) is 6.10 Å². The molecule has 0 aliphatic heterocycles. The SMILES string of the molecule is CC(=O)CC/C=C(\C)CCC1=C(C)CC[C@H](O)C1(C)C. The molecule has 20 heavy (non-hydrogen) atoms. The van der Waals surface area contributed by atoms with Crippen molar-refractivity contribution in [2.24, 2.45) is 5.41 Å². The molecule has 0 radical (unpaired) electrons. The molecule has 0 amide bonds. The number of ketones is 1. The van der Waals surface area contributed by atoms with Gasteiger partial charge in [0.15, 0.2) is 0 Å². The van der Waals surface area contributed by atoms with Crippen LogP contribution in [0.2, 0.25) is 0 Å². The number of aliphatic hydroxyl groups excluding tert-OH is 1. The van der Waals surface area contributed by atoms with Crippen molar-refractivity contribution in [1.29, 1.82) is 0 Å². The number of carbonyl (C=O) groups is 1. The van der Waals surface area contributed by atoms with Gasteiger partial charge in [-0.3, -0.25) is 0 Å². The van der Waals surface area contributed by atoms with Crippen LogP contribution in [0.1, 0.15) is 73.1 Å². The van der Waals surface area contributed by atoms with Gasteiger partial charge in [-0.25, -0.2) is 0 Å². The Morgan fingerprint density at radius 1 is 1.35 bits per heavy atom. The normalized spacial score (nSPS) is 23.1. The number of allylic oxidation sites excluding steroid dienone is 3. The van der Waals surface area contributed by atoms with Gasteiger partial charge in [0, 0.05) is 11.8 Å². The highest BCUT2D eigenvalue weighted by Gasteiger charge is 2.35. The summed E-state index contributed by atoms with van der Waals surface area (Å²) in [7, 11) is 0. The maximum Gasteiger partial charge on any atom is 0.130 e. The van der Waals surface area contributed by atoms with Crippen LogP contribution in [-0.4, -0.2) is 17.0 Å². The molecule has 1 atom stereocenters. The second-order valence-electron chi connectivity index (χ2n) is 6.83. The van der Waals surface area contributed by atoms with E-state index in [2.05, 4.69) is 33.8 Å². The molecular weight excluding hydrogens is 248 g/mol. The predicted molar refractivity (Wildman–Crippen MR) is 84.6 cm³/mol. The van der Waals surface area contributed by atoms with E-state index in [0.717, 1.165) is 32.1 Å². The van der Waals surface area contributed by atoms with Crippen LogP contribution in [0.3, 0.4) is 0 Å². The van der Waals surface area contributed by atoms with E-state index in [0.29, 0.717) is 6.42 Å². The molecule has 0 aromatic rings. The summed E-state index contributed by atoms with van der Waals surface area (Å²) in [6.45, 7) is 10.3. The quantitative estimate of drug-likeness (QED) is 0.722. The van der Waals surface area contributed by atoms with Crippen LogP contribution in [0.4, 0.5) is 0 Å². The summed E-state index contributed by atoms with van der Waals surface area (Å²) in [5.74, 6) is 0.254.